The van der Waals surface area contributed by atoms with Gasteiger partial charge < -0.3 is 10.2 Å². The molecule has 3 aromatic rings. The maximum Gasteiger partial charge on any atom is 0.261 e. The van der Waals surface area contributed by atoms with Crippen molar-refractivity contribution in [2.24, 2.45) is 0 Å². The van der Waals surface area contributed by atoms with Gasteiger partial charge in [-0.25, -0.2) is 13.8 Å². The number of carbonyl (C=O) groups is 2. The number of pyridine rings is 2. The molecule has 29 heavy (non-hydrogen) atoms. The van der Waals surface area contributed by atoms with Crippen LogP contribution in [0.2, 0.25) is 0 Å². The standard InChI is InChI=1S/C21H18F2N4O2/c1-12-19(27(3)21(29)17-5-4-16(22)10-18(17)23)8-15(11-25-12)14-6-7-24-20(9-14)26-13(2)28/h4-11H,1-3H3,(H,24,26,28). The van der Waals surface area contributed by atoms with Crippen LogP contribution in [-0.4, -0.2) is 28.8 Å². The number of aryl methyl sites for hydroxylation is 1. The minimum atomic E-state index is -0.933. The van der Waals surface area contributed by atoms with Crippen LogP contribution in [0.25, 0.3) is 11.1 Å². The number of hydrogen-bond donors (Lipinski definition) is 1. The Balaban J connectivity index is 1.97. The molecule has 6 nitrogen and oxygen atoms in total. The number of benzene rings is 1. The number of halogens is 2. The van der Waals surface area contributed by atoms with E-state index in [-0.39, 0.29) is 11.5 Å². The molecule has 1 N–H and O–H groups in total. The lowest BCUT2D eigenvalue weighted by atomic mass is 10.1. The number of rotatable bonds is 4. The fourth-order valence-corrected chi connectivity index (χ4v) is 2.83. The monoisotopic (exact) mass is 396 g/mol. The predicted octanol–water partition coefficient (Wildman–Crippen LogP) is 3.97. The molecule has 0 spiro atoms. The number of nitrogens with one attached hydrogen (secondary N) is 1. The summed E-state index contributed by atoms with van der Waals surface area (Å²) in [6.07, 6.45) is 3.17. The van der Waals surface area contributed by atoms with E-state index >= 15 is 0 Å². The van der Waals surface area contributed by atoms with E-state index in [1.807, 2.05) is 0 Å². The third-order valence-electron chi connectivity index (χ3n) is 4.29. The van der Waals surface area contributed by atoms with Gasteiger partial charge in [-0.2, -0.15) is 0 Å². The van der Waals surface area contributed by atoms with Crippen molar-refractivity contribution in [2.45, 2.75) is 13.8 Å². The van der Waals surface area contributed by atoms with Crippen LogP contribution in [0.3, 0.4) is 0 Å². The molecule has 0 aliphatic carbocycles. The highest BCUT2D eigenvalue weighted by atomic mass is 19.1. The predicted molar refractivity (Wildman–Crippen MR) is 106 cm³/mol. The molecular formula is C21H18F2N4O2. The second kappa shape index (κ2) is 8.14. The lowest BCUT2D eigenvalue weighted by molar-refractivity contribution is -0.114. The maximum atomic E-state index is 14.0. The molecule has 0 aliphatic rings. The number of carbonyl (C=O) groups excluding carboxylic acids is 2. The van der Waals surface area contributed by atoms with Gasteiger partial charge in [0.05, 0.1) is 16.9 Å². The highest BCUT2D eigenvalue weighted by molar-refractivity contribution is 6.06. The minimum absolute atomic E-state index is 0.240. The van der Waals surface area contributed by atoms with Crippen LogP contribution in [0.1, 0.15) is 23.0 Å². The van der Waals surface area contributed by atoms with Gasteiger partial charge in [0.15, 0.2) is 0 Å². The first kappa shape index (κ1) is 20.1. The highest BCUT2D eigenvalue weighted by Crippen LogP contribution is 2.28. The zero-order valence-electron chi connectivity index (χ0n) is 16.0. The Labute approximate surface area is 166 Å². The van der Waals surface area contributed by atoms with Crippen molar-refractivity contribution < 1.29 is 18.4 Å². The Hall–Kier alpha value is -3.68. The fraction of sp³-hybridized carbons (Fsp3) is 0.143. The first-order valence-electron chi connectivity index (χ1n) is 8.70. The first-order chi connectivity index (χ1) is 13.8. The maximum absolute atomic E-state index is 14.0. The molecular weight excluding hydrogens is 378 g/mol. The SMILES string of the molecule is CC(=O)Nc1cc(-c2cnc(C)c(N(C)C(=O)c3ccc(F)cc3F)c2)ccn1. The number of nitrogens with zero attached hydrogens (tertiary/aromatic N) is 3. The van der Waals surface area contributed by atoms with Gasteiger partial charge in [0.1, 0.15) is 17.5 Å². The summed E-state index contributed by atoms with van der Waals surface area (Å²) in [7, 11) is 1.49. The Kier molecular flexibility index (Phi) is 5.63. The summed E-state index contributed by atoms with van der Waals surface area (Å²) in [5, 5.41) is 2.61. The van der Waals surface area contributed by atoms with E-state index in [2.05, 4.69) is 15.3 Å². The smallest absolute Gasteiger partial charge is 0.261 e. The molecule has 0 saturated carbocycles. The molecule has 2 heterocycles. The minimum Gasteiger partial charge on any atom is -0.311 e. The average Bonchev–Trinajstić information content (AvgIpc) is 2.67. The van der Waals surface area contributed by atoms with Crippen molar-refractivity contribution in [3.8, 4) is 11.1 Å². The molecule has 8 heteroatoms. The van der Waals surface area contributed by atoms with Gasteiger partial charge in [0.2, 0.25) is 5.91 Å². The van der Waals surface area contributed by atoms with E-state index in [9.17, 15) is 18.4 Å². The van der Waals surface area contributed by atoms with Gasteiger partial charge in [0.25, 0.3) is 5.91 Å². The van der Waals surface area contributed by atoms with Crippen molar-refractivity contribution >= 4 is 23.3 Å². The Morgan fingerprint density at radius 3 is 2.48 bits per heavy atom. The first-order valence-corrected chi connectivity index (χ1v) is 8.70. The van der Waals surface area contributed by atoms with Crippen molar-refractivity contribution in [3.63, 3.8) is 0 Å². The van der Waals surface area contributed by atoms with E-state index in [1.165, 1.54) is 18.9 Å². The molecule has 0 bridgehead atoms. The van der Waals surface area contributed by atoms with E-state index in [4.69, 9.17) is 0 Å². The van der Waals surface area contributed by atoms with Gasteiger partial charge in [-0.3, -0.25) is 14.6 Å². The van der Waals surface area contributed by atoms with E-state index < -0.39 is 17.5 Å². The van der Waals surface area contributed by atoms with Gasteiger partial charge in [0, 0.05) is 38.0 Å². The summed E-state index contributed by atoms with van der Waals surface area (Å²) in [4.78, 5) is 33.6. The van der Waals surface area contributed by atoms with Crippen LogP contribution in [0.5, 0.6) is 0 Å². The van der Waals surface area contributed by atoms with E-state index in [1.54, 1.807) is 37.5 Å². The average molecular weight is 396 g/mol. The molecule has 0 unspecified atom stereocenters. The van der Waals surface area contributed by atoms with Crippen LogP contribution in [0.15, 0.2) is 48.8 Å². The van der Waals surface area contributed by atoms with Crippen LogP contribution in [0.4, 0.5) is 20.3 Å². The number of amides is 2. The zero-order valence-corrected chi connectivity index (χ0v) is 16.0. The quantitative estimate of drug-likeness (QED) is 0.724. The van der Waals surface area contributed by atoms with Crippen molar-refractivity contribution in [3.05, 3.63) is 71.7 Å². The number of aromatic nitrogens is 2. The Bertz CT molecular complexity index is 1100. The molecule has 0 saturated heterocycles. The Morgan fingerprint density at radius 1 is 1.03 bits per heavy atom. The third-order valence-corrected chi connectivity index (χ3v) is 4.29. The topological polar surface area (TPSA) is 75.2 Å². The number of anilines is 2. The second-order valence-corrected chi connectivity index (χ2v) is 6.43. The van der Waals surface area contributed by atoms with Crippen molar-refractivity contribution in [1.82, 2.24) is 9.97 Å². The van der Waals surface area contributed by atoms with E-state index in [0.717, 1.165) is 17.7 Å². The molecule has 148 valence electrons. The Morgan fingerprint density at radius 2 is 1.79 bits per heavy atom. The van der Waals surface area contributed by atoms with Crippen molar-refractivity contribution in [2.75, 3.05) is 17.3 Å². The summed E-state index contributed by atoms with van der Waals surface area (Å²) in [5.74, 6) is -2.18. The molecule has 1 aromatic carbocycles. The molecule has 2 aromatic heterocycles. The zero-order chi connectivity index (χ0) is 21.1. The normalized spacial score (nSPS) is 10.5. The lowest BCUT2D eigenvalue weighted by Crippen LogP contribution is -2.28. The van der Waals surface area contributed by atoms with Crippen LogP contribution < -0.4 is 10.2 Å². The summed E-state index contributed by atoms with van der Waals surface area (Å²) < 4.78 is 27.2. The molecule has 0 radical (unpaired) electrons. The third kappa shape index (κ3) is 4.43. The van der Waals surface area contributed by atoms with Gasteiger partial charge in [-0.15, -0.1) is 0 Å². The molecule has 0 atom stereocenters. The molecule has 2 amide bonds. The fourth-order valence-electron chi connectivity index (χ4n) is 2.83. The highest BCUT2D eigenvalue weighted by Gasteiger charge is 2.20. The number of hydrogen-bond acceptors (Lipinski definition) is 4. The largest absolute Gasteiger partial charge is 0.311 e. The van der Waals surface area contributed by atoms with Crippen LogP contribution >= 0.6 is 0 Å². The van der Waals surface area contributed by atoms with Crippen LogP contribution in [-0.2, 0) is 4.79 Å². The van der Waals surface area contributed by atoms with Crippen molar-refractivity contribution in [1.29, 1.82) is 0 Å². The lowest BCUT2D eigenvalue weighted by Gasteiger charge is -2.20. The summed E-state index contributed by atoms with van der Waals surface area (Å²) in [6.45, 7) is 3.11. The molecule has 0 fully saturated rings. The van der Waals surface area contributed by atoms with Crippen LogP contribution in [0, 0.1) is 18.6 Å². The molecule has 3 rings (SSSR count). The summed E-state index contributed by atoms with van der Waals surface area (Å²) in [5.41, 5.74) is 2.19. The summed E-state index contributed by atoms with van der Waals surface area (Å²) >= 11 is 0. The van der Waals surface area contributed by atoms with E-state index in [0.29, 0.717) is 28.8 Å². The van der Waals surface area contributed by atoms with Gasteiger partial charge in [-0.1, -0.05) is 0 Å². The van der Waals surface area contributed by atoms with Gasteiger partial charge >= 0.3 is 0 Å². The van der Waals surface area contributed by atoms with Gasteiger partial charge in [-0.05, 0) is 42.8 Å². The second-order valence-electron chi connectivity index (χ2n) is 6.43. The summed E-state index contributed by atoms with van der Waals surface area (Å²) in [6, 6.07) is 7.96. The molecule has 0 aliphatic heterocycles.